The lowest BCUT2D eigenvalue weighted by Crippen LogP contribution is -2.31. The van der Waals surface area contributed by atoms with Crippen LogP contribution in [-0.2, 0) is 4.79 Å². The van der Waals surface area contributed by atoms with Crippen molar-refractivity contribution in [2.75, 3.05) is 5.32 Å². The zero-order valence-corrected chi connectivity index (χ0v) is 16.5. The SMILES string of the molecule is Cc1ccc(NC(=O)CC(NC(=O)c2ccccc2Cl)c2ccccc2)cc1F. The molecule has 0 aromatic heterocycles. The summed E-state index contributed by atoms with van der Waals surface area (Å²) in [6, 6.07) is 19.8. The van der Waals surface area contributed by atoms with Gasteiger partial charge in [-0.25, -0.2) is 4.39 Å². The van der Waals surface area contributed by atoms with Crippen LogP contribution in [0.1, 0.15) is 33.9 Å². The van der Waals surface area contributed by atoms with Gasteiger partial charge in [0.1, 0.15) is 5.82 Å². The van der Waals surface area contributed by atoms with Crippen molar-refractivity contribution in [3.05, 3.63) is 100 Å². The maximum Gasteiger partial charge on any atom is 0.253 e. The van der Waals surface area contributed by atoms with Gasteiger partial charge in [0.15, 0.2) is 0 Å². The van der Waals surface area contributed by atoms with Gasteiger partial charge >= 0.3 is 0 Å². The van der Waals surface area contributed by atoms with E-state index in [1.54, 1.807) is 43.3 Å². The lowest BCUT2D eigenvalue weighted by atomic mass is 10.0. The quantitative estimate of drug-likeness (QED) is 0.580. The van der Waals surface area contributed by atoms with E-state index in [1.165, 1.54) is 6.07 Å². The molecule has 148 valence electrons. The molecule has 2 N–H and O–H groups in total. The zero-order chi connectivity index (χ0) is 20.8. The number of amides is 2. The first-order chi connectivity index (χ1) is 13.9. The number of anilines is 1. The Balaban J connectivity index is 1.77. The second kappa shape index (κ2) is 9.34. The Morgan fingerprint density at radius 1 is 1.00 bits per heavy atom. The van der Waals surface area contributed by atoms with Crippen molar-refractivity contribution in [1.82, 2.24) is 5.32 Å². The summed E-state index contributed by atoms with van der Waals surface area (Å²) in [5.74, 6) is -1.12. The highest BCUT2D eigenvalue weighted by Crippen LogP contribution is 2.21. The molecule has 0 aliphatic rings. The molecule has 0 radical (unpaired) electrons. The molecule has 3 aromatic rings. The highest BCUT2D eigenvalue weighted by Gasteiger charge is 2.20. The fourth-order valence-electron chi connectivity index (χ4n) is 2.89. The predicted octanol–water partition coefficient (Wildman–Crippen LogP) is 5.29. The van der Waals surface area contributed by atoms with Crippen LogP contribution in [0.5, 0.6) is 0 Å². The fourth-order valence-corrected chi connectivity index (χ4v) is 3.11. The number of carbonyl (C=O) groups is 2. The summed E-state index contributed by atoms with van der Waals surface area (Å²) in [6.45, 7) is 1.65. The Bertz CT molecular complexity index is 1020. The van der Waals surface area contributed by atoms with Gasteiger partial charge in [-0.3, -0.25) is 9.59 Å². The van der Waals surface area contributed by atoms with Crippen molar-refractivity contribution in [2.24, 2.45) is 0 Å². The number of hydrogen-bond donors (Lipinski definition) is 2. The number of carbonyl (C=O) groups excluding carboxylic acids is 2. The van der Waals surface area contributed by atoms with Gasteiger partial charge in [0.25, 0.3) is 5.91 Å². The van der Waals surface area contributed by atoms with Gasteiger partial charge in [-0.05, 0) is 42.3 Å². The summed E-state index contributed by atoms with van der Waals surface area (Å²) < 4.78 is 13.7. The number of halogens is 2. The van der Waals surface area contributed by atoms with Crippen LogP contribution in [0.2, 0.25) is 5.02 Å². The number of benzene rings is 3. The highest BCUT2D eigenvalue weighted by molar-refractivity contribution is 6.33. The summed E-state index contributed by atoms with van der Waals surface area (Å²) in [5, 5.41) is 5.88. The molecule has 3 aromatic carbocycles. The molecule has 4 nitrogen and oxygen atoms in total. The summed E-state index contributed by atoms with van der Waals surface area (Å²) >= 11 is 6.11. The minimum Gasteiger partial charge on any atom is -0.345 e. The first-order valence-corrected chi connectivity index (χ1v) is 9.48. The first kappa shape index (κ1) is 20.6. The molecule has 0 aliphatic carbocycles. The predicted molar refractivity (Wildman–Crippen MR) is 112 cm³/mol. The van der Waals surface area contributed by atoms with E-state index in [-0.39, 0.29) is 18.2 Å². The van der Waals surface area contributed by atoms with Crippen molar-refractivity contribution in [1.29, 1.82) is 0 Å². The molecule has 0 heterocycles. The average molecular weight is 411 g/mol. The maximum absolute atomic E-state index is 13.7. The molecule has 0 bridgehead atoms. The minimum atomic E-state index is -0.574. The fraction of sp³-hybridized carbons (Fsp3) is 0.130. The van der Waals surface area contributed by atoms with Gasteiger partial charge in [-0.15, -0.1) is 0 Å². The lowest BCUT2D eigenvalue weighted by molar-refractivity contribution is -0.116. The highest BCUT2D eigenvalue weighted by atomic mass is 35.5. The average Bonchev–Trinajstić information content (AvgIpc) is 2.71. The largest absolute Gasteiger partial charge is 0.345 e. The molecular formula is C23H20ClFN2O2. The van der Waals surface area contributed by atoms with Crippen LogP contribution in [0, 0.1) is 12.7 Å². The number of aryl methyl sites for hydroxylation is 1. The third-order valence-electron chi connectivity index (χ3n) is 4.47. The Labute approximate surface area is 173 Å². The Kier molecular flexibility index (Phi) is 6.62. The van der Waals surface area contributed by atoms with Gasteiger partial charge in [-0.2, -0.15) is 0 Å². The summed E-state index contributed by atoms with van der Waals surface area (Å²) in [7, 11) is 0. The van der Waals surface area contributed by atoms with E-state index in [0.717, 1.165) is 5.56 Å². The third kappa shape index (κ3) is 5.42. The van der Waals surface area contributed by atoms with Crippen molar-refractivity contribution in [3.63, 3.8) is 0 Å². The van der Waals surface area contributed by atoms with Gasteiger partial charge in [-0.1, -0.05) is 60.1 Å². The standard InChI is InChI=1S/C23H20ClFN2O2/c1-15-11-12-17(13-20(15)25)26-22(28)14-21(16-7-3-2-4-8-16)27-23(29)18-9-5-6-10-19(18)24/h2-13,21H,14H2,1H3,(H,26,28)(H,27,29). The van der Waals surface area contributed by atoms with Crippen molar-refractivity contribution < 1.29 is 14.0 Å². The smallest absolute Gasteiger partial charge is 0.253 e. The molecule has 0 saturated heterocycles. The van der Waals surface area contributed by atoms with Crippen LogP contribution >= 0.6 is 11.6 Å². The Morgan fingerprint density at radius 2 is 1.69 bits per heavy atom. The van der Waals surface area contributed by atoms with Crippen molar-refractivity contribution >= 4 is 29.1 Å². The minimum absolute atomic E-state index is 0.0182. The van der Waals surface area contributed by atoms with Crippen LogP contribution in [0.25, 0.3) is 0 Å². The van der Waals surface area contributed by atoms with E-state index < -0.39 is 11.9 Å². The number of hydrogen-bond acceptors (Lipinski definition) is 2. The van der Waals surface area contributed by atoms with Crippen LogP contribution < -0.4 is 10.6 Å². The van der Waals surface area contributed by atoms with Crippen molar-refractivity contribution in [3.8, 4) is 0 Å². The van der Waals surface area contributed by atoms with Crippen LogP contribution in [-0.4, -0.2) is 11.8 Å². The summed E-state index contributed by atoms with van der Waals surface area (Å²) in [6.07, 6.45) is -0.0182. The third-order valence-corrected chi connectivity index (χ3v) is 4.80. The molecule has 0 fully saturated rings. The molecule has 6 heteroatoms. The first-order valence-electron chi connectivity index (χ1n) is 9.10. The maximum atomic E-state index is 13.7. The van der Waals surface area contributed by atoms with E-state index in [0.29, 0.717) is 21.8 Å². The molecule has 3 rings (SSSR count). The van der Waals surface area contributed by atoms with E-state index in [4.69, 9.17) is 11.6 Å². The molecule has 2 amide bonds. The lowest BCUT2D eigenvalue weighted by Gasteiger charge is -2.19. The molecular weight excluding hydrogens is 391 g/mol. The van der Waals surface area contributed by atoms with Crippen LogP contribution in [0.15, 0.2) is 72.8 Å². The second-order valence-corrected chi connectivity index (χ2v) is 7.04. The van der Waals surface area contributed by atoms with Crippen molar-refractivity contribution in [2.45, 2.75) is 19.4 Å². The number of nitrogens with one attached hydrogen (secondary N) is 2. The normalized spacial score (nSPS) is 11.6. The molecule has 0 saturated carbocycles. The van der Waals surface area contributed by atoms with Gasteiger partial charge < -0.3 is 10.6 Å². The van der Waals surface area contributed by atoms with Gasteiger partial charge in [0, 0.05) is 5.69 Å². The van der Waals surface area contributed by atoms with E-state index in [2.05, 4.69) is 10.6 Å². The van der Waals surface area contributed by atoms with E-state index in [1.807, 2.05) is 30.3 Å². The Hall–Kier alpha value is -3.18. The topological polar surface area (TPSA) is 58.2 Å². The summed E-state index contributed by atoms with van der Waals surface area (Å²) in [5.41, 5.74) is 1.97. The molecule has 0 aliphatic heterocycles. The summed E-state index contributed by atoms with van der Waals surface area (Å²) in [4.78, 5) is 25.3. The zero-order valence-electron chi connectivity index (χ0n) is 15.8. The van der Waals surface area contributed by atoms with Crippen LogP contribution in [0.3, 0.4) is 0 Å². The Morgan fingerprint density at radius 3 is 2.38 bits per heavy atom. The van der Waals surface area contributed by atoms with E-state index in [9.17, 15) is 14.0 Å². The molecule has 0 spiro atoms. The molecule has 1 atom stereocenters. The van der Waals surface area contributed by atoms with Gasteiger partial charge in [0.05, 0.1) is 23.0 Å². The monoisotopic (exact) mass is 410 g/mol. The van der Waals surface area contributed by atoms with Gasteiger partial charge in [0.2, 0.25) is 5.91 Å². The second-order valence-electron chi connectivity index (χ2n) is 6.63. The molecule has 29 heavy (non-hydrogen) atoms. The van der Waals surface area contributed by atoms with Crippen LogP contribution in [0.4, 0.5) is 10.1 Å². The van der Waals surface area contributed by atoms with E-state index >= 15 is 0 Å². The number of rotatable bonds is 6. The molecule has 1 unspecified atom stereocenters.